The lowest BCUT2D eigenvalue weighted by Crippen LogP contribution is -2.40. The van der Waals surface area contributed by atoms with Gasteiger partial charge in [-0.1, -0.05) is 55.8 Å². The van der Waals surface area contributed by atoms with Crippen LogP contribution in [0.25, 0.3) is 10.8 Å². The van der Waals surface area contributed by atoms with Crippen molar-refractivity contribution in [1.29, 1.82) is 0 Å². The molecule has 0 aliphatic heterocycles. The van der Waals surface area contributed by atoms with Crippen molar-refractivity contribution in [3.8, 4) is 0 Å². The number of hydrogen-bond acceptors (Lipinski definition) is 2. The van der Waals surface area contributed by atoms with Gasteiger partial charge in [-0.05, 0) is 35.6 Å². The van der Waals surface area contributed by atoms with Gasteiger partial charge in [-0.15, -0.1) is 0 Å². The molecule has 1 amide bonds. The van der Waals surface area contributed by atoms with Crippen LogP contribution in [0.15, 0.2) is 42.5 Å². The Balaban J connectivity index is 1.83. The molecule has 2 N–H and O–H groups in total. The molecule has 0 radical (unpaired) electrons. The Bertz CT molecular complexity index is 681. The first-order valence-corrected chi connectivity index (χ1v) is 8.10. The van der Waals surface area contributed by atoms with Gasteiger partial charge in [0.2, 0.25) is 5.91 Å². The molecule has 1 unspecified atom stereocenters. The van der Waals surface area contributed by atoms with Gasteiger partial charge >= 0.3 is 5.97 Å². The van der Waals surface area contributed by atoms with Crippen molar-refractivity contribution < 1.29 is 14.7 Å². The first-order valence-electron chi connectivity index (χ1n) is 8.10. The van der Waals surface area contributed by atoms with Crippen LogP contribution in [-0.4, -0.2) is 23.0 Å². The van der Waals surface area contributed by atoms with Gasteiger partial charge in [0.15, 0.2) is 0 Å². The zero-order valence-corrected chi connectivity index (χ0v) is 13.4. The first kappa shape index (κ1) is 17.0. The second-order valence-electron chi connectivity index (χ2n) is 5.78. The fraction of sp³-hybridized carbons (Fsp3) is 0.368. The molecule has 0 saturated heterocycles. The van der Waals surface area contributed by atoms with E-state index in [1.807, 2.05) is 19.1 Å². The van der Waals surface area contributed by atoms with Crippen molar-refractivity contribution in [2.24, 2.45) is 0 Å². The summed E-state index contributed by atoms with van der Waals surface area (Å²) in [5.74, 6) is -1.15. The molecule has 0 heterocycles. The van der Waals surface area contributed by atoms with E-state index in [2.05, 4.69) is 35.6 Å². The molecule has 0 bridgehead atoms. The number of amides is 1. The molecule has 23 heavy (non-hydrogen) atoms. The number of nitrogens with one attached hydrogen (secondary N) is 1. The lowest BCUT2D eigenvalue weighted by atomic mass is 10.0. The largest absolute Gasteiger partial charge is 0.480 e. The van der Waals surface area contributed by atoms with Crippen LogP contribution in [-0.2, 0) is 16.0 Å². The molecule has 0 aliphatic carbocycles. The maximum atomic E-state index is 11.9. The molecule has 122 valence electrons. The lowest BCUT2D eigenvalue weighted by Gasteiger charge is -2.13. The van der Waals surface area contributed by atoms with E-state index in [0.29, 0.717) is 19.3 Å². The van der Waals surface area contributed by atoms with Crippen LogP contribution in [0.3, 0.4) is 0 Å². The van der Waals surface area contributed by atoms with Crippen LogP contribution in [0.1, 0.15) is 38.2 Å². The second kappa shape index (κ2) is 8.32. The SMILES string of the molecule is CCCC(NC(=O)CCCc1ccc2ccccc2c1)C(=O)O. The molecule has 0 spiro atoms. The van der Waals surface area contributed by atoms with E-state index in [1.165, 1.54) is 16.3 Å². The molecule has 1 atom stereocenters. The molecule has 0 aromatic heterocycles. The number of aliphatic carboxylic acids is 1. The minimum Gasteiger partial charge on any atom is -0.480 e. The van der Waals surface area contributed by atoms with Gasteiger partial charge < -0.3 is 10.4 Å². The maximum absolute atomic E-state index is 11.9. The second-order valence-corrected chi connectivity index (χ2v) is 5.78. The van der Waals surface area contributed by atoms with Gasteiger partial charge in [0.05, 0.1) is 0 Å². The van der Waals surface area contributed by atoms with Gasteiger partial charge in [-0.2, -0.15) is 0 Å². The van der Waals surface area contributed by atoms with Crippen LogP contribution >= 0.6 is 0 Å². The van der Waals surface area contributed by atoms with Crippen molar-refractivity contribution >= 4 is 22.6 Å². The van der Waals surface area contributed by atoms with Crippen LogP contribution < -0.4 is 5.32 Å². The highest BCUT2D eigenvalue weighted by atomic mass is 16.4. The van der Waals surface area contributed by atoms with Crippen molar-refractivity contribution in [3.63, 3.8) is 0 Å². The third kappa shape index (κ3) is 5.09. The summed E-state index contributed by atoms with van der Waals surface area (Å²) in [7, 11) is 0. The van der Waals surface area contributed by atoms with Crippen molar-refractivity contribution in [2.75, 3.05) is 0 Å². The van der Waals surface area contributed by atoms with Gasteiger partial charge in [-0.3, -0.25) is 4.79 Å². The highest BCUT2D eigenvalue weighted by Crippen LogP contribution is 2.17. The highest BCUT2D eigenvalue weighted by molar-refractivity contribution is 5.84. The monoisotopic (exact) mass is 313 g/mol. The maximum Gasteiger partial charge on any atom is 0.326 e. The van der Waals surface area contributed by atoms with E-state index in [0.717, 1.165) is 12.8 Å². The van der Waals surface area contributed by atoms with Crippen LogP contribution in [0.2, 0.25) is 0 Å². The van der Waals surface area contributed by atoms with Crippen molar-refractivity contribution in [2.45, 2.75) is 45.1 Å². The van der Waals surface area contributed by atoms with Gasteiger partial charge in [0.25, 0.3) is 0 Å². The highest BCUT2D eigenvalue weighted by Gasteiger charge is 2.18. The van der Waals surface area contributed by atoms with Crippen LogP contribution in [0, 0.1) is 0 Å². The minimum atomic E-state index is -0.963. The summed E-state index contributed by atoms with van der Waals surface area (Å²) in [4.78, 5) is 22.9. The summed E-state index contributed by atoms with van der Waals surface area (Å²) in [6.45, 7) is 1.90. The standard InChI is InChI=1S/C19H23NO3/c1-2-6-17(19(22)23)20-18(21)10-5-7-14-11-12-15-8-3-4-9-16(15)13-14/h3-4,8-9,11-13,17H,2,5-7,10H2,1H3,(H,20,21)(H,22,23). The lowest BCUT2D eigenvalue weighted by molar-refractivity contribution is -0.142. The fourth-order valence-corrected chi connectivity index (χ4v) is 2.66. The summed E-state index contributed by atoms with van der Waals surface area (Å²) in [5, 5.41) is 14.0. The van der Waals surface area contributed by atoms with Crippen LogP contribution in [0.5, 0.6) is 0 Å². The predicted molar refractivity (Wildman–Crippen MR) is 91.4 cm³/mol. The molecule has 2 aromatic rings. The molecule has 0 fully saturated rings. The molecule has 4 heteroatoms. The number of carboxylic acids is 1. The number of carbonyl (C=O) groups is 2. The summed E-state index contributed by atoms with van der Waals surface area (Å²) in [6, 6.07) is 13.7. The minimum absolute atomic E-state index is 0.188. The molecule has 2 rings (SSSR count). The number of rotatable bonds is 8. The number of carbonyl (C=O) groups excluding carboxylic acids is 1. The Labute approximate surface area is 136 Å². The Morgan fingerprint density at radius 1 is 1.13 bits per heavy atom. The number of aryl methyl sites for hydroxylation is 1. The number of fused-ring (bicyclic) bond motifs is 1. The van der Waals surface area contributed by atoms with E-state index < -0.39 is 12.0 Å². The van der Waals surface area contributed by atoms with Crippen molar-refractivity contribution in [1.82, 2.24) is 5.32 Å². The number of hydrogen-bond donors (Lipinski definition) is 2. The molecule has 0 saturated carbocycles. The third-order valence-electron chi connectivity index (χ3n) is 3.89. The summed E-state index contributed by atoms with van der Waals surface area (Å²) >= 11 is 0. The van der Waals surface area contributed by atoms with E-state index in [1.54, 1.807) is 0 Å². The Morgan fingerprint density at radius 2 is 1.87 bits per heavy atom. The zero-order valence-electron chi connectivity index (χ0n) is 13.4. The Kier molecular flexibility index (Phi) is 6.15. The first-order chi connectivity index (χ1) is 11.1. The quantitative estimate of drug-likeness (QED) is 0.783. The smallest absolute Gasteiger partial charge is 0.326 e. The van der Waals surface area contributed by atoms with E-state index in [9.17, 15) is 9.59 Å². The van der Waals surface area contributed by atoms with Crippen molar-refractivity contribution in [3.05, 3.63) is 48.0 Å². The Morgan fingerprint density at radius 3 is 2.57 bits per heavy atom. The van der Waals surface area contributed by atoms with Gasteiger partial charge in [0, 0.05) is 6.42 Å². The molecule has 4 nitrogen and oxygen atoms in total. The van der Waals surface area contributed by atoms with Crippen LogP contribution in [0.4, 0.5) is 0 Å². The van der Waals surface area contributed by atoms with E-state index >= 15 is 0 Å². The van der Waals surface area contributed by atoms with Gasteiger partial charge in [0.1, 0.15) is 6.04 Å². The molecular weight excluding hydrogens is 290 g/mol. The topological polar surface area (TPSA) is 66.4 Å². The zero-order chi connectivity index (χ0) is 16.7. The average Bonchev–Trinajstić information content (AvgIpc) is 2.54. The summed E-state index contributed by atoms with van der Waals surface area (Å²) in [5.41, 5.74) is 1.19. The third-order valence-corrected chi connectivity index (χ3v) is 3.89. The summed E-state index contributed by atoms with van der Waals surface area (Å²) in [6.07, 6.45) is 3.06. The summed E-state index contributed by atoms with van der Waals surface area (Å²) < 4.78 is 0. The molecule has 2 aromatic carbocycles. The molecular formula is C19H23NO3. The molecule has 0 aliphatic rings. The fourth-order valence-electron chi connectivity index (χ4n) is 2.66. The van der Waals surface area contributed by atoms with E-state index in [-0.39, 0.29) is 5.91 Å². The predicted octanol–water partition coefficient (Wildman–Crippen LogP) is 3.53. The average molecular weight is 313 g/mol. The Hall–Kier alpha value is -2.36. The van der Waals surface area contributed by atoms with Gasteiger partial charge in [-0.25, -0.2) is 4.79 Å². The van der Waals surface area contributed by atoms with E-state index in [4.69, 9.17) is 5.11 Å². The number of carboxylic acid groups (broad SMARTS) is 1. The number of benzene rings is 2. The normalized spacial score (nSPS) is 12.0.